The molecule has 27 heavy (non-hydrogen) atoms. The molecule has 0 spiro atoms. The van der Waals surface area contributed by atoms with Crippen molar-refractivity contribution in [1.29, 1.82) is 0 Å². The van der Waals surface area contributed by atoms with Crippen molar-refractivity contribution in [3.05, 3.63) is 71.3 Å². The average molecular weight is 385 g/mol. The summed E-state index contributed by atoms with van der Waals surface area (Å²) in [4.78, 5) is 17.4. The third-order valence-corrected chi connectivity index (χ3v) is 6.20. The highest BCUT2D eigenvalue weighted by Crippen LogP contribution is 2.39. The van der Waals surface area contributed by atoms with E-state index < -0.39 is 0 Å². The van der Waals surface area contributed by atoms with Crippen molar-refractivity contribution in [3.8, 4) is 0 Å². The fraction of sp³-hybridized carbons (Fsp3) is 0.409. The van der Waals surface area contributed by atoms with Gasteiger partial charge in [-0.15, -0.1) is 12.4 Å². The highest BCUT2D eigenvalue weighted by molar-refractivity contribution is 5.85. The zero-order valence-electron chi connectivity index (χ0n) is 15.3. The summed E-state index contributed by atoms with van der Waals surface area (Å²) in [6, 6.07) is 18.6. The van der Waals surface area contributed by atoms with Crippen LogP contribution in [-0.2, 0) is 11.3 Å². The van der Waals surface area contributed by atoms with Crippen molar-refractivity contribution in [3.63, 3.8) is 0 Å². The van der Waals surface area contributed by atoms with Gasteiger partial charge in [-0.05, 0) is 48.5 Å². The maximum absolute atomic E-state index is 13.1. The lowest BCUT2D eigenvalue weighted by Gasteiger charge is -2.44. The lowest BCUT2D eigenvalue weighted by atomic mass is 9.86. The van der Waals surface area contributed by atoms with Crippen LogP contribution in [0.4, 0.5) is 4.79 Å². The number of nitrogens with zero attached hydrogens (tertiary/aromatic N) is 2. The molecule has 4 aliphatic rings. The Bertz CT molecular complexity index is 805. The van der Waals surface area contributed by atoms with Crippen molar-refractivity contribution >= 4 is 18.5 Å². The van der Waals surface area contributed by atoms with Crippen LogP contribution in [0.25, 0.3) is 0 Å². The van der Waals surface area contributed by atoms with Crippen molar-refractivity contribution in [2.75, 3.05) is 19.6 Å². The number of ether oxygens (including phenoxy) is 1. The molecular weight excluding hydrogens is 360 g/mol. The number of piperidine rings is 3. The van der Waals surface area contributed by atoms with Gasteiger partial charge in [0.2, 0.25) is 0 Å². The van der Waals surface area contributed by atoms with Crippen molar-refractivity contribution in [2.24, 2.45) is 5.92 Å². The van der Waals surface area contributed by atoms with Crippen LogP contribution in [0, 0.1) is 5.92 Å². The normalized spacial score (nSPS) is 28.4. The van der Waals surface area contributed by atoms with Gasteiger partial charge in [0.1, 0.15) is 6.10 Å². The number of halogens is 1. The number of benzene rings is 2. The van der Waals surface area contributed by atoms with Gasteiger partial charge >= 0.3 is 6.09 Å². The number of carbonyl (C=O) groups excluding carboxylic acids is 1. The van der Waals surface area contributed by atoms with Crippen molar-refractivity contribution in [1.82, 2.24) is 9.80 Å². The Morgan fingerprint density at radius 1 is 0.963 bits per heavy atom. The fourth-order valence-corrected chi connectivity index (χ4v) is 4.79. The molecule has 2 aromatic carbocycles. The first-order valence-electron chi connectivity index (χ1n) is 9.62. The van der Waals surface area contributed by atoms with Crippen LogP contribution in [0.3, 0.4) is 0 Å². The van der Waals surface area contributed by atoms with Gasteiger partial charge in [0.05, 0.1) is 12.6 Å². The van der Waals surface area contributed by atoms with Gasteiger partial charge in [-0.3, -0.25) is 9.80 Å². The second-order valence-corrected chi connectivity index (χ2v) is 7.70. The van der Waals surface area contributed by atoms with E-state index in [1.165, 1.54) is 11.1 Å². The smallest absolute Gasteiger partial charge is 0.411 e. The fourth-order valence-electron chi connectivity index (χ4n) is 4.79. The van der Waals surface area contributed by atoms with Crippen LogP contribution in [0.5, 0.6) is 0 Å². The quantitative estimate of drug-likeness (QED) is 0.776. The molecular formula is C22H25ClN2O2. The SMILES string of the molecule is Cl.O=C(OC1CN2CCC1CC2)N1Cc2ccccc2C1c1ccccc1. The lowest BCUT2D eigenvalue weighted by Crippen LogP contribution is -2.52. The van der Waals surface area contributed by atoms with Gasteiger partial charge in [-0.1, -0.05) is 54.6 Å². The van der Waals surface area contributed by atoms with Crippen LogP contribution in [-0.4, -0.2) is 41.6 Å². The molecule has 3 saturated heterocycles. The highest BCUT2D eigenvalue weighted by Gasteiger charge is 2.40. The monoisotopic (exact) mass is 384 g/mol. The minimum Gasteiger partial charge on any atom is -0.444 e. The molecule has 0 N–H and O–H groups in total. The minimum absolute atomic E-state index is 0. The summed E-state index contributed by atoms with van der Waals surface area (Å²) in [5.74, 6) is 0.532. The minimum atomic E-state index is -0.172. The Kier molecular flexibility index (Phi) is 5.11. The third-order valence-electron chi connectivity index (χ3n) is 6.20. The summed E-state index contributed by atoms with van der Waals surface area (Å²) in [5.41, 5.74) is 3.57. The molecule has 2 atom stereocenters. The first-order chi connectivity index (χ1) is 12.8. The van der Waals surface area contributed by atoms with E-state index in [0.717, 1.165) is 38.0 Å². The zero-order valence-corrected chi connectivity index (χ0v) is 16.1. The Hall–Kier alpha value is -2.04. The second-order valence-electron chi connectivity index (χ2n) is 7.70. The van der Waals surface area contributed by atoms with Crippen LogP contribution < -0.4 is 0 Å². The van der Waals surface area contributed by atoms with E-state index >= 15 is 0 Å². The van der Waals surface area contributed by atoms with Crippen LogP contribution >= 0.6 is 12.4 Å². The molecule has 4 heterocycles. The second kappa shape index (κ2) is 7.53. The number of hydrogen-bond acceptors (Lipinski definition) is 3. The largest absolute Gasteiger partial charge is 0.444 e. The summed E-state index contributed by atoms with van der Waals surface area (Å²) in [6.45, 7) is 3.82. The third kappa shape index (κ3) is 3.32. The van der Waals surface area contributed by atoms with E-state index in [1.54, 1.807) is 0 Å². The van der Waals surface area contributed by atoms with Gasteiger partial charge in [0.25, 0.3) is 0 Å². The van der Waals surface area contributed by atoms with Gasteiger partial charge in [-0.2, -0.15) is 0 Å². The predicted octanol–water partition coefficient (Wildman–Crippen LogP) is 4.24. The first kappa shape index (κ1) is 18.3. The molecule has 0 radical (unpaired) electrons. The molecule has 4 aliphatic heterocycles. The number of rotatable bonds is 2. The molecule has 2 aromatic rings. The highest BCUT2D eigenvalue weighted by atomic mass is 35.5. The van der Waals surface area contributed by atoms with E-state index in [-0.39, 0.29) is 30.6 Å². The number of amides is 1. The molecule has 1 amide bonds. The molecule has 4 nitrogen and oxygen atoms in total. The summed E-state index contributed by atoms with van der Waals surface area (Å²) in [5, 5.41) is 0. The maximum atomic E-state index is 13.1. The van der Waals surface area contributed by atoms with Crippen LogP contribution in [0.1, 0.15) is 35.6 Å². The first-order valence-corrected chi connectivity index (χ1v) is 9.62. The summed E-state index contributed by atoms with van der Waals surface area (Å²) in [6.07, 6.45) is 2.18. The molecule has 3 fully saturated rings. The Labute approximate surface area is 166 Å². The number of carbonyl (C=O) groups is 1. The number of fused-ring (bicyclic) bond motifs is 4. The van der Waals surface area contributed by atoms with Gasteiger partial charge in [-0.25, -0.2) is 4.79 Å². The van der Waals surface area contributed by atoms with Gasteiger partial charge in [0, 0.05) is 6.54 Å². The summed E-state index contributed by atoms with van der Waals surface area (Å²) < 4.78 is 6.04. The van der Waals surface area contributed by atoms with Gasteiger partial charge < -0.3 is 4.74 Å². The maximum Gasteiger partial charge on any atom is 0.411 e. The van der Waals surface area contributed by atoms with Crippen LogP contribution in [0.2, 0.25) is 0 Å². The van der Waals surface area contributed by atoms with Crippen LogP contribution in [0.15, 0.2) is 54.6 Å². The molecule has 2 unspecified atom stereocenters. The molecule has 0 aromatic heterocycles. The van der Waals surface area contributed by atoms with Crippen molar-refractivity contribution < 1.29 is 9.53 Å². The standard InChI is InChI=1S/C22H24N2O2.ClH/c25-22(26-20-15-23-12-10-16(20)11-13-23)24-14-18-8-4-5-9-19(18)21(24)17-6-2-1-3-7-17;/h1-9,16,20-21H,10-15H2;1H. The molecule has 142 valence electrons. The van der Waals surface area contributed by atoms with E-state index in [2.05, 4.69) is 35.2 Å². The van der Waals surface area contributed by atoms with Crippen molar-refractivity contribution in [2.45, 2.75) is 31.5 Å². The Balaban J connectivity index is 0.00000180. The lowest BCUT2D eigenvalue weighted by molar-refractivity contribution is -0.0454. The summed E-state index contributed by atoms with van der Waals surface area (Å²) in [7, 11) is 0. The molecule has 5 heteroatoms. The molecule has 6 rings (SSSR count). The number of hydrogen-bond donors (Lipinski definition) is 0. The topological polar surface area (TPSA) is 32.8 Å². The van der Waals surface area contributed by atoms with Gasteiger partial charge in [0.15, 0.2) is 0 Å². The zero-order chi connectivity index (χ0) is 17.5. The molecule has 0 saturated carbocycles. The Morgan fingerprint density at radius 2 is 1.67 bits per heavy atom. The molecule has 2 bridgehead atoms. The van der Waals surface area contributed by atoms with E-state index in [9.17, 15) is 4.79 Å². The predicted molar refractivity (Wildman–Crippen MR) is 107 cm³/mol. The Morgan fingerprint density at radius 3 is 2.37 bits per heavy atom. The van der Waals surface area contributed by atoms with E-state index in [1.807, 2.05) is 29.2 Å². The summed E-state index contributed by atoms with van der Waals surface area (Å²) >= 11 is 0. The molecule has 0 aliphatic carbocycles. The average Bonchev–Trinajstić information content (AvgIpc) is 3.09. The van der Waals surface area contributed by atoms with E-state index in [0.29, 0.717) is 12.5 Å². The van der Waals surface area contributed by atoms with E-state index in [4.69, 9.17) is 4.74 Å².